The second kappa shape index (κ2) is 3.43. The predicted molar refractivity (Wildman–Crippen MR) is 40.8 cm³/mol. The Morgan fingerprint density at radius 3 is 2.46 bits per heavy atom. The van der Waals surface area contributed by atoms with Crippen molar-refractivity contribution in [3.8, 4) is 0 Å². The Bertz CT molecular complexity index is 185. The molecule has 0 aliphatic carbocycles. The minimum absolute atomic E-state index is 0.0597. The zero-order valence-corrected chi connectivity index (χ0v) is 7.40. The van der Waals surface area contributed by atoms with Gasteiger partial charge in [0.05, 0.1) is 6.61 Å². The molecule has 1 rings (SSSR count). The maximum atomic E-state index is 12.7. The van der Waals surface area contributed by atoms with Crippen LogP contribution in [-0.4, -0.2) is 36.8 Å². The number of likely N-dealkylation sites (N-methyl/N-ethyl adjacent to an activating group) is 1. The van der Waals surface area contributed by atoms with E-state index in [1.54, 1.807) is 0 Å². The Morgan fingerprint density at radius 1 is 1.54 bits per heavy atom. The van der Waals surface area contributed by atoms with Gasteiger partial charge >= 0.3 is 6.18 Å². The van der Waals surface area contributed by atoms with Gasteiger partial charge in [-0.2, -0.15) is 13.2 Å². The standard InChI is InChI=1S/C7H13F3N2O/c1-12-4-2-3-6(12,5-13-11)7(8,9)10/h2-5,11H2,1H3. The number of likely N-dealkylation sites (tertiary alicyclic amines) is 1. The molecule has 0 radical (unpaired) electrons. The fourth-order valence-electron chi connectivity index (χ4n) is 1.77. The first-order valence-electron chi connectivity index (χ1n) is 4.04. The van der Waals surface area contributed by atoms with Crippen LogP contribution in [0.5, 0.6) is 0 Å². The van der Waals surface area contributed by atoms with E-state index in [-0.39, 0.29) is 6.42 Å². The van der Waals surface area contributed by atoms with E-state index in [0.29, 0.717) is 13.0 Å². The van der Waals surface area contributed by atoms with E-state index < -0.39 is 18.3 Å². The lowest BCUT2D eigenvalue weighted by atomic mass is 9.97. The summed E-state index contributed by atoms with van der Waals surface area (Å²) >= 11 is 0. The summed E-state index contributed by atoms with van der Waals surface area (Å²) in [7, 11) is 1.44. The molecule has 2 N–H and O–H groups in total. The minimum Gasteiger partial charge on any atom is -0.302 e. The van der Waals surface area contributed by atoms with Crippen LogP contribution in [-0.2, 0) is 4.84 Å². The molecule has 0 amide bonds. The molecular formula is C7H13F3N2O. The van der Waals surface area contributed by atoms with Crippen molar-refractivity contribution < 1.29 is 18.0 Å². The molecule has 0 spiro atoms. The smallest absolute Gasteiger partial charge is 0.302 e. The summed E-state index contributed by atoms with van der Waals surface area (Å²) in [6.07, 6.45) is -3.69. The van der Waals surface area contributed by atoms with Crippen molar-refractivity contribution in [2.45, 2.75) is 24.6 Å². The van der Waals surface area contributed by atoms with Gasteiger partial charge in [0.25, 0.3) is 0 Å². The number of hydrogen-bond acceptors (Lipinski definition) is 3. The van der Waals surface area contributed by atoms with E-state index in [0.717, 1.165) is 0 Å². The molecule has 1 aliphatic rings. The molecule has 6 heteroatoms. The van der Waals surface area contributed by atoms with Crippen molar-refractivity contribution in [1.29, 1.82) is 0 Å². The average Bonchev–Trinajstić information content (AvgIpc) is 2.33. The van der Waals surface area contributed by atoms with Gasteiger partial charge in [-0.3, -0.25) is 4.90 Å². The quantitative estimate of drug-likeness (QED) is 0.670. The molecule has 0 saturated carbocycles. The molecule has 1 heterocycles. The summed E-state index contributed by atoms with van der Waals surface area (Å²) in [5, 5.41) is 0. The van der Waals surface area contributed by atoms with Gasteiger partial charge in [-0.1, -0.05) is 0 Å². The third-order valence-corrected chi connectivity index (χ3v) is 2.66. The summed E-state index contributed by atoms with van der Waals surface area (Å²) in [6, 6.07) is 0. The van der Waals surface area contributed by atoms with E-state index in [2.05, 4.69) is 4.84 Å². The van der Waals surface area contributed by atoms with Gasteiger partial charge in [0.1, 0.15) is 5.54 Å². The Kier molecular flexibility index (Phi) is 2.84. The van der Waals surface area contributed by atoms with Gasteiger partial charge in [0.2, 0.25) is 0 Å². The highest BCUT2D eigenvalue weighted by atomic mass is 19.4. The lowest BCUT2D eigenvalue weighted by Gasteiger charge is -2.36. The zero-order chi connectivity index (χ0) is 10.1. The van der Waals surface area contributed by atoms with Crippen molar-refractivity contribution in [2.75, 3.05) is 20.2 Å². The van der Waals surface area contributed by atoms with E-state index in [1.807, 2.05) is 0 Å². The number of nitrogens with two attached hydrogens (primary N) is 1. The van der Waals surface area contributed by atoms with Gasteiger partial charge in [-0.15, -0.1) is 0 Å². The summed E-state index contributed by atoms with van der Waals surface area (Å²) < 4.78 is 38.0. The van der Waals surface area contributed by atoms with E-state index in [9.17, 15) is 13.2 Å². The van der Waals surface area contributed by atoms with Crippen LogP contribution in [0.2, 0.25) is 0 Å². The first kappa shape index (κ1) is 10.7. The van der Waals surface area contributed by atoms with Crippen molar-refractivity contribution in [3.63, 3.8) is 0 Å². The average molecular weight is 198 g/mol. The number of rotatable bonds is 2. The van der Waals surface area contributed by atoms with Crippen molar-refractivity contribution in [2.24, 2.45) is 5.90 Å². The molecular weight excluding hydrogens is 185 g/mol. The molecule has 0 bridgehead atoms. The molecule has 1 unspecified atom stereocenters. The number of hydrogen-bond donors (Lipinski definition) is 1. The lowest BCUT2D eigenvalue weighted by molar-refractivity contribution is -0.235. The maximum absolute atomic E-state index is 12.7. The van der Waals surface area contributed by atoms with Gasteiger partial charge < -0.3 is 4.84 Å². The Balaban J connectivity index is 2.87. The van der Waals surface area contributed by atoms with E-state index in [1.165, 1.54) is 11.9 Å². The largest absolute Gasteiger partial charge is 0.409 e. The van der Waals surface area contributed by atoms with Crippen molar-refractivity contribution in [3.05, 3.63) is 0 Å². The summed E-state index contributed by atoms with van der Waals surface area (Å²) in [5.41, 5.74) is -1.87. The molecule has 13 heavy (non-hydrogen) atoms. The summed E-state index contributed by atoms with van der Waals surface area (Å²) in [5.74, 6) is 4.73. The van der Waals surface area contributed by atoms with Crippen LogP contribution in [0.1, 0.15) is 12.8 Å². The molecule has 1 atom stereocenters. The molecule has 1 fully saturated rings. The highest BCUT2D eigenvalue weighted by Crippen LogP contribution is 2.42. The Labute approximate surface area is 74.6 Å². The van der Waals surface area contributed by atoms with Gasteiger partial charge in [-0.25, -0.2) is 5.90 Å². The molecule has 0 aromatic rings. The molecule has 78 valence electrons. The summed E-state index contributed by atoms with van der Waals surface area (Å²) in [6.45, 7) is -0.0597. The van der Waals surface area contributed by atoms with Gasteiger partial charge in [0.15, 0.2) is 0 Å². The maximum Gasteiger partial charge on any atom is 0.409 e. The number of nitrogens with zero attached hydrogens (tertiary/aromatic N) is 1. The zero-order valence-electron chi connectivity index (χ0n) is 7.40. The number of halogens is 3. The van der Waals surface area contributed by atoms with Crippen molar-refractivity contribution in [1.82, 2.24) is 4.90 Å². The highest BCUT2D eigenvalue weighted by Gasteiger charge is 2.59. The Morgan fingerprint density at radius 2 is 2.15 bits per heavy atom. The second-order valence-electron chi connectivity index (χ2n) is 3.37. The third kappa shape index (κ3) is 1.66. The third-order valence-electron chi connectivity index (χ3n) is 2.66. The molecule has 1 aliphatic heterocycles. The van der Waals surface area contributed by atoms with Crippen LogP contribution in [0.3, 0.4) is 0 Å². The first-order chi connectivity index (χ1) is 5.94. The normalized spacial score (nSPS) is 31.2. The van der Waals surface area contributed by atoms with Crippen LogP contribution in [0.15, 0.2) is 0 Å². The topological polar surface area (TPSA) is 38.5 Å². The fourth-order valence-corrected chi connectivity index (χ4v) is 1.77. The first-order valence-corrected chi connectivity index (χ1v) is 4.04. The lowest BCUT2D eigenvalue weighted by Crippen LogP contribution is -2.57. The highest BCUT2D eigenvalue weighted by molar-refractivity contribution is 5.00. The van der Waals surface area contributed by atoms with Crippen LogP contribution in [0, 0.1) is 0 Å². The van der Waals surface area contributed by atoms with E-state index >= 15 is 0 Å². The molecule has 1 saturated heterocycles. The second-order valence-corrected chi connectivity index (χ2v) is 3.37. The summed E-state index contributed by atoms with van der Waals surface area (Å²) in [4.78, 5) is 5.43. The predicted octanol–water partition coefficient (Wildman–Crippen LogP) is 0.903. The van der Waals surface area contributed by atoms with Crippen molar-refractivity contribution >= 4 is 0 Å². The molecule has 0 aromatic carbocycles. The fraction of sp³-hybridized carbons (Fsp3) is 1.00. The molecule has 0 aromatic heterocycles. The minimum atomic E-state index is -4.28. The number of alkyl halides is 3. The monoisotopic (exact) mass is 198 g/mol. The van der Waals surface area contributed by atoms with Crippen LogP contribution >= 0.6 is 0 Å². The van der Waals surface area contributed by atoms with Crippen LogP contribution < -0.4 is 5.90 Å². The van der Waals surface area contributed by atoms with Gasteiger partial charge in [0, 0.05) is 0 Å². The molecule has 3 nitrogen and oxygen atoms in total. The van der Waals surface area contributed by atoms with Crippen LogP contribution in [0.4, 0.5) is 13.2 Å². The Hall–Kier alpha value is -0.330. The van der Waals surface area contributed by atoms with E-state index in [4.69, 9.17) is 5.90 Å². The van der Waals surface area contributed by atoms with Gasteiger partial charge in [-0.05, 0) is 26.4 Å². The SMILES string of the molecule is CN1CCCC1(CON)C(F)(F)F. The van der Waals surface area contributed by atoms with Crippen LogP contribution in [0.25, 0.3) is 0 Å².